The highest BCUT2D eigenvalue weighted by Gasteiger charge is 2.49. The highest BCUT2D eigenvalue weighted by Crippen LogP contribution is 2.64. The lowest BCUT2D eigenvalue weighted by Gasteiger charge is -2.32. The third-order valence-corrected chi connectivity index (χ3v) is 19.4. The number of anilines is 3. The highest BCUT2D eigenvalue weighted by molar-refractivity contribution is 6.22. The molecule has 13 aromatic rings. The molecule has 2 heterocycles. The van der Waals surface area contributed by atoms with Crippen molar-refractivity contribution >= 4 is 60.9 Å². The summed E-state index contributed by atoms with van der Waals surface area (Å²) in [6, 6.07) is 79.0. The van der Waals surface area contributed by atoms with Crippen molar-refractivity contribution in [1.29, 1.82) is 0 Å². The number of hydrogen-bond donors (Lipinski definition) is 0. The molecule has 11 aromatic carbocycles. The van der Waals surface area contributed by atoms with E-state index in [4.69, 9.17) is 8.83 Å². The predicted molar refractivity (Wildman–Crippen MR) is 343 cm³/mol. The minimum Gasteiger partial charge on any atom is -0.455 e. The second-order valence-corrected chi connectivity index (χ2v) is 25.1. The Hall–Kier alpha value is -9.18. The van der Waals surface area contributed by atoms with Crippen LogP contribution >= 0.6 is 0 Å². The van der Waals surface area contributed by atoms with Crippen LogP contribution in [0, 0.1) is 13.8 Å². The van der Waals surface area contributed by atoms with Gasteiger partial charge in [0.05, 0.1) is 0 Å². The van der Waals surface area contributed by atoms with Crippen molar-refractivity contribution in [3.8, 4) is 55.6 Å². The molecule has 0 N–H and O–H groups in total. The fraction of sp³-hybridized carbons (Fsp3) is 0.165. The van der Waals surface area contributed by atoms with Crippen molar-refractivity contribution in [1.82, 2.24) is 0 Å². The summed E-state index contributed by atoms with van der Waals surface area (Å²) in [5, 5.41) is 4.71. The number of aryl methyl sites for hydroxylation is 4. The van der Waals surface area contributed by atoms with Crippen LogP contribution in [0.2, 0.25) is 0 Å². The van der Waals surface area contributed by atoms with E-state index in [0.717, 1.165) is 63.2 Å². The fourth-order valence-electron chi connectivity index (χ4n) is 15.5. The Kier molecular flexibility index (Phi) is 10.3. The maximum Gasteiger partial charge on any atom is 0.144 e. The first-order valence-electron chi connectivity index (χ1n) is 29.3. The van der Waals surface area contributed by atoms with Crippen LogP contribution in [0.3, 0.4) is 0 Å². The van der Waals surface area contributed by atoms with Gasteiger partial charge in [0.25, 0.3) is 0 Å². The van der Waals surface area contributed by atoms with E-state index < -0.39 is 0 Å². The first-order valence-corrected chi connectivity index (χ1v) is 29.3. The molecule has 0 amide bonds. The Morgan fingerprint density at radius 2 is 0.890 bits per heavy atom. The lowest BCUT2D eigenvalue weighted by atomic mass is 9.72. The summed E-state index contributed by atoms with van der Waals surface area (Å²) >= 11 is 0. The first-order chi connectivity index (χ1) is 39.8. The summed E-state index contributed by atoms with van der Waals surface area (Å²) in [5.74, 6) is 0. The van der Waals surface area contributed by atoms with Crippen LogP contribution in [0.1, 0.15) is 97.2 Å². The molecule has 0 saturated heterocycles. The minimum atomic E-state index is -0.377. The van der Waals surface area contributed by atoms with E-state index in [2.05, 4.69) is 273 Å². The largest absolute Gasteiger partial charge is 0.455 e. The normalized spacial score (nSPS) is 14.7. The average molecular weight is 1060 g/mol. The fourth-order valence-corrected chi connectivity index (χ4v) is 15.5. The zero-order valence-corrected chi connectivity index (χ0v) is 47.9. The maximum atomic E-state index is 7.18. The highest BCUT2D eigenvalue weighted by atomic mass is 16.3. The third-order valence-electron chi connectivity index (χ3n) is 19.4. The molecule has 3 nitrogen and oxygen atoms in total. The topological polar surface area (TPSA) is 29.5 Å². The van der Waals surface area contributed by atoms with Crippen LogP contribution in [0.5, 0.6) is 0 Å². The van der Waals surface area contributed by atoms with E-state index >= 15 is 0 Å². The molecule has 0 saturated carbocycles. The molecule has 0 fully saturated rings. The number of fused-ring (bicyclic) bond motifs is 19. The summed E-state index contributed by atoms with van der Waals surface area (Å²) in [5.41, 5.74) is 32.0. The molecule has 0 unspecified atom stereocenters. The van der Waals surface area contributed by atoms with Crippen LogP contribution in [0.15, 0.2) is 221 Å². The summed E-state index contributed by atoms with van der Waals surface area (Å²) in [7, 11) is 0. The Balaban J connectivity index is 0.886. The minimum absolute atomic E-state index is 0.238. The third kappa shape index (κ3) is 6.71. The zero-order valence-electron chi connectivity index (χ0n) is 47.9. The summed E-state index contributed by atoms with van der Waals surface area (Å²) < 4.78 is 14.2. The van der Waals surface area contributed by atoms with Crippen molar-refractivity contribution in [3.63, 3.8) is 0 Å². The molecule has 0 spiro atoms. The SMILES string of the molecule is Cc1ccccc1-c1c(CCc2ccccc2)cccc1-c1cc2c(c3c1oc1ccccc13)-c1ccc(N(c3ccc4c(c3)C(C)(C)c3c5c(c6oc7ccccc7c6c3-4)-c3ccccc3C5(C)C)c3ccccc3C)cc1C2(C)C. The molecule has 2 aromatic heterocycles. The van der Waals surface area contributed by atoms with Crippen molar-refractivity contribution in [2.45, 2.75) is 84.5 Å². The number of nitrogens with zero attached hydrogens (tertiary/aromatic N) is 1. The number of furan rings is 2. The molecule has 16 rings (SSSR count). The molecule has 0 atom stereocenters. The molecule has 3 aliphatic rings. The molecule has 396 valence electrons. The number of hydrogen-bond acceptors (Lipinski definition) is 3. The first kappa shape index (κ1) is 48.7. The van der Waals surface area contributed by atoms with E-state index in [9.17, 15) is 0 Å². The van der Waals surface area contributed by atoms with E-state index in [-0.39, 0.29) is 16.2 Å². The van der Waals surface area contributed by atoms with Crippen molar-refractivity contribution in [2.24, 2.45) is 0 Å². The molecular formula is C79H63NO2. The van der Waals surface area contributed by atoms with Crippen molar-refractivity contribution in [2.75, 3.05) is 4.90 Å². The van der Waals surface area contributed by atoms with Crippen LogP contribution in [-0.4, -0.2) is 0 Å². The van der Waals surface area contributed by atoms with Gasteiger partial charge in [0.2, 0.25) is 0 Å². The average Bonchev–Trinajstić information content (AvgIpc) is 1.61. The maximum absolute atomic E-state index is 7.18. The molecule has 3 heteroatoms. The Morgan fingerprint density at radius 3 is 1.60 bits per heavy atom. The van der Waals surface area contributed by atoms with Crippen LogP contribution in [-0.2, 0) is 29.1 Å². The van der Waals surface area contributed by atoms with Crippen molar-refractivity contribution < 1.29 is 8.83 Å². The molecule has 3 aliphatic carbocycles. The molecule has 0 aliphatic heterocycles. The lowest BCUT2D eigenvalue weighted by molar-refractivity contribution is 0.600. The Bertz CT molecular complexity index is 4860. The van der Waals surface area contributed by atoms with E-state index in [1.54, 1.807) is 0 Å². The van der Waals surface area contributed by atoms with Crippen LogP contribution < -0.4 is 4.90 Å². The monoisotopic (exact) mass is 1060 g/mol. The van der Waals surface area contributed by atoms with Crippen LogP contribution in [0.25, 0.3) is 99.5 Å². The molecule has 82 heavy (non-hydrogen) atoms. The summed E-state index contributed by atoms with van der Waals surface area (Å²) in [6.07, 6.45) is 1.87. The summed E-state index contributed by atoms with van der Waals surface area (Å²) in [6.45, 7) is 19.1. The van der Waals surface area contributed by atoms with Gasteiger partial charge in [-0.05, 0) is 175 Å². The lowest BCUT2D eigenvalue weighted by Crippen LogP contribution is -2.24. The van der Waals surface area contributed by atoms with E-state index in [1.807, 2.05) is 0 Å². The quantitative estimate of drug-likeness (QED) is 0.152. The number of rotatable bonds is 8. The second kappa shape index (κ2) is 17.4. The van der Waals surface area contributed by atoms with Gasteiger partial charge in [-0.25, -0.2) is 0 Å². The summed E-state index contributed by atoms with van der Waals surface area (Å²) in [4.78, 5) is 2.52. The number of benzene rings is 11. The zero-order chi connectivity index (χ0) is 55.6. The van der Waals surface area contributed by atoms with E-state index in [0.29, 0.717) is 0 Å². The molecular weight excluding hydrogens is 995 g/mol. The van der Waals surface area contributed by atoms with Gasteiger partial charge in [0.1, 0.15) is 22.3 Å². The smallest absolute Gasteiger partial charge is 0.144 e. The van der Waals surface area contributed by atoms with Gasteiger partial charge >= 0.3 is 0 Å². The van der Waals surface area contributed by atoms with Gasteiger partial charge in [0, 0.05) is 66.0 Å². The predicted octanol–water partition coefficient (Wildman–Crippen LogP) is 21.6. The van der Waals surface area contributed by atoms with Gasteiger partial charge in [-0.15, -0.1) is 0 Å². The van der Waals surface area contributed by atoms with Crippen LogP contribution in [0.4, 0.5) is 17.1 Å². The van der Waals surface area contributed by atoms with Gasteiger partial charge in [0.15, 0.2) is 0 Å². The Labute approximate surface area is 480 Å². The van der Waals surface area contributed by atoms with Gasteiger partial charge in [-0.3, -0.25) is 0 Å². The second-order valence-electron chi connectivity index (χ2n) is 25.1. The molecule has 0 bridgehead atoms. The molecule has 0 radical (unpaired) electrons. The van der Waals surface area contributed by atoms with Crippen molar-refractivity contribution in [3.05, 3.63) is 268 Å². The van der Waals surface area contributed by atoms with E-state index in [1.165, 1.54) is 122 Å². The standard InChI is InChI=1S/C79H63NO2/c1-46-23-12-14-28-52(46)67-49(38-37-48-25-10-9-11-26-48)27-22-32-53(67)59-45-63-68(70-57-30-16-20-35-65(57)81-75(59)70)55-41-39-50(43-61(55)77(63,3)4)80(64-34-19-13-24-47(64)2)51-40-42-56-62(44-51)79(7,8)73-69(56)71-58-31-17-21-36-66(58)82-76(71)72-54-29-15-18-33-60(54)78(5,6)74(72)73/h9-36,39-45H,37-38H2,1-8H3. The van der Waals surface area contributed by atoms with Gasteiger partial charge in [-0.2, -0.15) is 0 Å². The number of para-hydroxylation sites is 3. The Morgan fingerprint density at radius 1 is 0.354 bits per heavy atom. The van der Waals surface area contributed by atoms with Gasteiger partial charge < -0.3 is 13.7 Å². The van der Waals surface area contributed by atoms with Gasteiger partial charge in [-0.1, -0.05) is 205 Å².